The van der Waals surface area contributed by atoms with Crippen molar-refractivity contribution in [1.82, 2.24) is 0 Å². The summed E-state index contributed by atoms with van der Waals surface area (Å²) in [5.41, 5.74) is 1.25. The zero-order valence-electron chi connectivity index (χ0n) is 7.32. The van der Waals surface area contributed by atoms with E-state index in [-0.39, 0.29) is 17.0 Å². The highest BCUT2D eigenvalue weighted by Gasteiger charge is 1.88. The van der Waals surface area contributed by atoms with Crippen LogP contribution < -0.4 is 0 Å². The van der Waals surface area contributed by atoms with E-state index in [9.17, 15) is 0 Å². The molecule has 1 aromatic carbocycles. The van der Waals surface area contributed by atoms with Crippen molar-refractivity contribution in [2.24, 2.45) is 0 Å². The molecule has 0 N–H and O–H groups in total. The zero-order chi connectivity index (χ0) is 7.94. The molecule has 0 amide bonds. The first-order valence-electron chi connectivity index (χ1n) is 4.05. The van der Waals surface area contributed by atoms with Gasteiger partial charge in [0.2, 0.25) is 0 Å². The van der Waals surface area contributed by atoms with Crippen molar-refractivity contribution in [3.05, 3.63) is 35.9 Å². The van der Waals surface area contributed by atoms with Crippen molar-refractivity contribution >= 4 is 17.0 Å². The van der Waals surface area contributed by atoms with E-state index in [1.165, 1.54) is 5.56 Å². The van der Waals surface area contributed by atoms with E-state index in [2.05, 4.69) is 19.1 Å². The second kappa shape index (κ2) is 7.32. The second-order valence-corrected chi connectivity index (χ2v) is 2.54. The van der Waals surface area contributed by atoms with E-state index >= 15 is 0 Å². The van der Waals surface area contributed by atoms with Gasteiger partial charge in [-0.1, -0.05) is 37.3 Å². The van der Waals surface area contributed by atoms with E-state index in [4.69, 9.17) is 4.74 Å². The van der Waals surface area contributed by atoms with E-state index in [1.807, 2.05) is 18.2 Å². The minimum Gasteiger partial charge on any atom is -0.377 e. The molecular weight excluding hydrogens is 216 g/mol. The Hall–Kier alpha value is -0.340. The molecule has 1 rings (SSSR count). The Kier molecular flexibility index (Phi) is 7.11. The number of halogens is 1. The first kappa shape index (κ1) is 11.7. The van der Waals surface area contributed by atoms with Crippen LogP contribution in [0.3, 0.4) is 0 Å². The highest BCUT2D eigenvalue weighted by Crippen LogP contribution is 2.00. The molecule has 0 heterocycles. The molecule has 2 heteroatoms. The fourth-order valence-corrected chi connectivity index (χ4v) is 0.909. The quantitative estimate of drug-likeness (QED) is 0.723. The molecule has 0 aliphatic heterocycles. The molecule has 1 aromatic rings. The summed E-state index contributed by atoms with van der Waals surface area (Å²) in [7, 11) is 0. The molecule has 12 heavy (non-hydrogen) atoms. The highest BCUT2D eigenvalue weighted by molar-refractivity contribution is 8.93. The van der Waals surface area contributed by atoms with E-state index < -0.39 is 0 Å². The summed E-state index contributed by atoms with van der Waals surface area (Å²) in [6, 6.07) is 10.2. The number of rotatable bonds is 4. The van der Waals surface area contributed by atoms with Crippen LogP contribution in [0, 0.1) is 0 Å². The molecule has 0 unspecified atom stereocenters. The monoisotopic (exact) mass is 230 g/mol. The van der Waals surface area contributed by atoms with Gasteiger partial charge in [0.1, 0.15) is 0 Å². The highest BCUT2D eigenvalue weighted by atomic mass is 79.9. The van der Waals surface area contributed by atoms with Crippen LogP contribution in [0.1, 0.15) is 18.9 Å². The molecule has 0 aromatic heterocycles. The van der Waals surface area contributed by atoms with Crippen molar-refractivity contribution < 1.29 is 4.74 Å². The Balaban J connectivity index is 0.00000121. The maximum Gasteiger partial charge on any atom is 0.0716 e. The van der Waals surface area contributed by atoms with Crippen LogP contribution in [0.5, 0.6) is 0 Å². The fourth-order valence-electron chi connectivity index (χ4n) is 0.909. The summed E-state index contributed by atoms with van der Waals surface area (Å²) in [5.74, 6) is 0. The number of hydrogen-bond donors (Lipinski definition) is 0. The maximum atomic E-state index is 5.37. The molecule has 0 bridgehead atoms. The third-order valence-electron chi connectivity index (χ3n) is 1.46. The Morgan fingerprint density at radius 2 is 1.83 bits per heavy atom. The summed E-state index contributed by atoms with van der Waals surface area (Å²) in [6.07, 6.45) is 1.09. The van der Waals surface area contributed by atoms with Crippen molar-refractivity contribution in [3.8, 4) is 0 Å². The van der Waals surface area contributed by atoms with E-state index in [0.29, 0.717) is 0 Å². The van der Waals surface area contributed by atoms with Gasteiger partial charge in [0.05, 0.1) is 6.61 Å². The lowest BCUT2D eigenvalue weighted by molar-refractivity contribution is 0.121. The summed E-state index contributed by atoms with van der Waals surface area (Å²) in [4.78, 5) is 0. The molecule has 0 fully saturated rings. The van der Waals surface area contributed by atoms with Gasteiger partial charge < -0.3 is 4.74 Å². The van der Waals surface area contributed by atoms with Gasteiger partial charge >= 0.3 is 0 Å². The van der Waals surface area contributed by atoms with Gasteiger partial charge in [0, 0.05) is 6.61 Å². The summed E-state index contributed by atoms with van der Waals surface area (Å²) < 4.78 is 5.37. The minimum absolute atomic E-state index is 0. The van der Waals surface area contributed by atoms with Crippen LogP contribution in [0.15, 0.2) is 30.3 Å². The minimum atomic E-state index is 0. The smallest absolute Gasteiger partial charge is 0.0716 e. The van der Waals surface area contributed by atoms with Crippen LogP contribution in [0.4, 0.5) is 0 Å². The van der Waals surface area contributed by atoms with Gasteiger partial charge in [0.15, 0.2) is 0 Å². The first-order chi connectivity index (χ1) is 5.43. The Bertz CT molecular complexity index is 186. The van der Waals surface area contributed by atoms with E-state index in [1.54, 1.807) is 0 Å². The molecule has 0 spiro atoms. The standard InChI is InChI=1S/C10H14O.BrH/c1-2-8-11-9-10-6-4-3-5-7-10;/h3-7H,2,8-9H2,1H3;1H. The summed E-state index contributed by atoms with van der Waals surface area (Å²) >= 11 is 0. The van der Waals surface area contributed by atoms with Crippen LogP contribution in [0.25, 0.3) is 0 Å². The molecule has 0 saturated carbocycles. The molecule has 0 atom stereocenters. The van der Waals surface area contributed by atoms with Crippen molar-refractivity contribution in [3.63, 3.8) is 0 Å². The van der Waals surface area contributed by atoms with Crippen LogP contribution in [0.2, 0.25) is 0 Å². The fraction of sp³-hybridized carbons (Fsp3) is 0.400. The normalized spacial score (nSPS) is 9.08. The Labute approximate surface area is 84.5 Å². The topological polar surface area (TPSA) is 9.23 Å². The van der Waals surface area contributed by atoms with E-state index in [0.717, 1.165) is 19.6 Å². The number of ether oxygens (including phenoxy) is 1. The zero-order valence-corrected chi connectivity index (χ0v) is 9.04. The Morgan fingerprint density at radius 3 is 2.42 bits per heavy atom. The largest absolute Gasteiger partial charge is 0.377 e. The average Bonchev–Trinajstić information content (AvgIpc) is 2.07. The summed E-state index contributed by atoms with van der Waals surface area (Å²) in [5, 5.41) is 0. The SMILES string of the molecule is Br.CCCOCc1ccccc1. The number of benzene rings is 1. The molecule has 0 aliphatic rings. The van der Waals surface area contributed by atoms with Crippen molar-refractivity contribution in [2.75, 3.05) is 6.61 Å². The van der Waals surface area contributed by atoms with Gasteiger partial charge in [0.25, 0.3) is 0 Å². The van der Waals surface area contributed by atoms with Crippen molar-refractivity contribution in [1.29, 1.82) is 0 Å². The predicted octanol–water partition coefficient (Wildman–Crippen LogP) is 3.19. The first-order valence-corrected chi connectivity index (χ1v) is 4.05. The van der Waals surface area contributed by atoms with Crippen molar-refractivity contribution in [2.45, 2.75) is 20.0 Å². The molecule has 68 valence electrons. The predicted molar refractivity (Wildman–Crippen MR) is 56.7 cm³/mol. The summed E-state index contributed by atoms with van der Waals surface area (Å²) in [6.45, 7) is 3.72. The average molecular weight is 231 g/mol. The number of hydrogen-bond acceptors (Lipinski definition) is 1. The third kappa shape index (κ3) is 4.52. The third-order valence-corrected chi connectivity index (χ3v) is 1.46. The van der Waals surface area contributed by atoms with Gasteiger partial charge in [-0.05, 0) is 12.0 Å². The van der Waals surface area contributed by atoms with Gasteiger partial charge in [-0.2, -0.15) is 0 Å². The van der Waals surface area contributed by atoms with Gasteiger partial charge in [-0.25, -0.2) is 0 Å². The second-order valence-electron chi connectivity index (χ2n) is 2.54. The molecule has 0 radical (unpaired) electrons. The molecule has 0 aliphatic carbocycles. The van der Waals surface area contributed by atoms with Crippen LogP contribution in [-0.4, -0.2) is 6.61 Å². The molecule has 0 saturated heterocycles. The Morgan fingerprint density at radius 1 is 1.17 bits per heavy atom. The molecular formula is C10H15BrO. The van der Waals surface area contributed by atoms with Gasteiger partial charge in [-0.3, -0.25) is 0 Å². The van der Waals surface area contributed by atoms with Crippen LogP contribution in [-0.2, 0) is 11.3 Å². The van der Waals surface area contributed by atoms with Crippen LogP contribution >= 0.6 is 17.0 Å². The lowest BCUT2D eigenvalue weighted by Gasteiger charge is -2.00. The lowest BCUT2D eigenvalue weighted by Crippen LogP contribution is -1.92. The maximum absolute atomic E-state index is 5.37. The lowest BCUT2D eigenvalue weighted by atomic mass is 10.2. The molecule has 1 nitrogen and oxygen atoms in total. The van der Waals surface area contributed by atoms with Gasteiger partial charge in [-0.15, -0.1) is 17.0 Å².